The van der Waals surface area contributed by atoms with E-state index in [4.69, 9.17) is 5.73 Å². The van der Waals surface area contributed by atoms with Gasteiger partial charge in [-0.25, -0.2) is 13.2 Å². The van der Waals surface area contributed by atoms with Crippen LogP contribution in [0.15, 0.2) is 21.4 Å². The molecule has 1 saturated heterocycles. The molecule has 3 rings (SSSR count). The van der Waals surface area contributed by atoms with Gasteiger partial charge in [0.2, 0.25) is 0 Å². The zero-order valence-corrected chi connectivity index (χ0v) is 13.6. The first-order valence-electron chi connectivity index (χ1n) is 6.77. The minimum absolute atomic E-state index is 0.201. The maximum Gasteiger partial charge on any atom is 0.323 e. The van der Waals surface area contributed by atoms with Crippen molar-refractivity contribution in [2.75, 3.05) is 5.75 Å². The molecule has 4 N–H and O–H groups in total. The van der Waals surface area contributed by atoms with Gasteiger partial charge in [0.05, 0.1) is 22.0 Å². The van der Waals surface area contributed by atoms with E-state index >= 15 is 0 Å². The molecule has 1 aromatic carbocycles. The number of sulfone groups is 1. The second-order valence-corrected chi connectivity index (χ2v) is 8.62. The summed E-state index contributed by atoms with van der Waals surface area (Å²) >= 11 is 3.42. The maximum atomic E-state index is 12.2. The van der Waals surface area contributed by atoms with Crippen LogP contribution in [0.25, 0.3) is 11.0 Å². The number of nitrogens with one attached hydrogen (secondary N) is 2. The van der Waals surface area contributed by atoms with Crippen LogP contribution in [0.2, 0.25) is 0 Å². The Hall–Kier alpha value is -1.12. The smallest absolute Gasteiger partial charge is 0.323 e. The van der Waals surface area contributed by atoms with E-state index in [2.05, 4.69) is 25.9 Å². The predicted molar refractivity (Wildman–Crippen MR) is 85.0 cm³/mol. The highest BCUT2D eigenvalue weighted by atomic mass is 79.9. The summed E-state index contributed by atoms with van der Waals surface area (Å²) in [7, 11) is -3.16. The highest BCUT2D eigenvalue weighted by Crippen LogP contribution is 2.34. The zero-order valence-electron chi connectivity index (χ0n) is 11.2. The normalized spacial score (nSPS) is 23.2. The summed E-state index contributed by atoms with van der Waals surface area (Å²) in [5.74, 6) is 0.201. The lowest BCUT2D eigenvalue weighted by Gasteiger charge is -2.28. The molecular formula is C13H16BrN3O3S. The van der Waals surface area contributed by atoms with E-state index in [1.807, 2.05) is 0 Å². The third-order valence-corrected chi connectivity index (χ3v) is 7.02. The van der Waals surface area contributed by atoms with Crippen molar-refractivity contribution in [1.82, 2.24) is 9.97 Å². The second kappa shape index (κ2) is 5.26. The second-order valence-electron chi connectivity index (χ2n) is 5.43. The number of hydrogen-bond acceptors (Lipinski definition) is 4. The molecular weight excluding hydrogens is 358 g/mol. The number of fused-ring (bicyclic) bond motifs is 1. The van der Waals surface area contributed by atoms with E-state index in [0.717, 1.165) is 6.42 Å². The highest BCUT2D eigenvalue weighted by molar-refractivity contribution is 9.10. The molecule has 2 unspecified atom stereocenters. The van der Waals surface area contributed by atoms with Crippen LogP contribution in [0.4, 0.5) is 0 Å². The molecule has 1 aliphatic rings. The first-order valence-corrected chi connectivity index (χ1v) is 9.28. The maximum absolute atomic E-state index is 12.2. The third kappa shape index (κ3) is 2.67. The fraction of sp³-hybridized carbons (Fsp3) is 0.462. The Bertz CT molecular complexity index is 840. The summed E-state index contributed by atoms with van der Waals surface area (Å²) < 4.78 is 25.1. The molecule has 0 bridgehead atoms. The van der Waals surface area contributed by atoms with Crippen LogP contribution in [0, 0.1) is 0 Å². The first-order chi connectivity index (χ1) is 9.88. The number of benzene rings is 1. The highest BCUT2D eigenvalue weighted by Gasteiger charge is 2.35. The summed E-state index contributed by atoms with van der Waals surface area (Å²) in [6.07, 6.45) is 2.16. The average Bonchev–Trinajstić information content (AvgIpc) is 2.75. The van der Waals surface area contributed by atoms with Gasteiger partial charge in [-0.3, -0.25) is 0 Å². The van der Waals surface area contributed by atoms with Gasteiger partial charge < -0.3 is 15.7 Å². The Morgan fingerprint density at radius 2 is 1.90 bits per heavy atom. The fourth-order valence-corrected chi connectivity index (χ4v) is 5.55. The molecule has 2 heterocycles. The van der Waals surface area contributed by atoms with Gasteiger partial charge in [0.25, 0.3) is 0 Å². The lowest BCUT2D eigenvalue weighted by molar-refractivity contribution is 0.504. The molecule has 0 amide bonds. The number of rotatable bonds is 2. The molecule has 0 radical (unpaired) electrons. The average molecular weight is 374 g/mol. The van der Waals surface area contributed by atoms with E-state index in [1.54, 1.807) is 12.1 Å². The van der Waals surface area contributed by atoms with Gasteiger partial charge in [-0.1, -0.05) is 22.4 Å². The van der Waals surface area contributed by atoms with Gasteiger partial charge in [0, 0.05) is 10.5 Å². The summed E-state index contributed by atoms with van der Waals surface area (Å²) in [5, 5.41) is -0.564. The van der Waals surface area contributed by atoms with Gasteiger partial charge in [-0.2, -0.15) is 0 Å². The first kappa shape index (κ1) is 14.8. The largest absolute Gasteiger partial charge is 0.323 e. The van der Waals surface area contributed by atoms with Crippen LogP contribution >= 0.6 is 15.9 Å². The monoisotopic (exact) mass is 373 g/mol. The molecule has 2 aromatic rings. The van der Waals surface area contributed by atoms with Gasteiger partial charge in [0.1, 0.15) is 0 Å². The van der Waals surface area contributed by atoms with E-state index in [-0.39, 0.29) is 11.4 Å². The summed E-state index contributed by atoms with van der Waals surface area (Å²) in [6, 6.07) is 2.89. The molecule has 2 atom stereocenters. The van der Waals surface area contributed by atoms with Gasteiger partial charge >= 0.3 is 5.69 Å². The molecule has 21 heavy (non-hydrogen) atoms. The van der Waals surface area contributed by atoms with Crippen LogP contribution < -0.4 is 11.4 Å². The van der Waals surface area contributed by atoms with Crippen LogP contribution in [-0.2, 0) is 9.84 Å². The minimum Gasteiger partial charge on any atom is -0.323 e. The Kier molecular flexibility index (Phi) is 3.71. The minimum atomic E-state index is -3.16. The van der Waals surface area contributed by atoms with Gasteiger partial charge in [0.15, 0.2) is 9.84 Å². The summed E-state index contributed by atoms with van der Waals surface area (Å²) in [5.41, 5.74) is 7.92. The predicted octanol–water partition coefficient (Wildman–Crippen LogP) is 1.59. The molecule has 1 fully saturated rings. The fourth-order valence-electron chi connectivity index (χ4n) is 2.91. The number of aromatic amines is 2. The van der Waals surface area contributed by atoms with Crippen molar-refractivity contribution in [3.05, 3.63) is 32.7 Å². The molecule has 8 heteroatoms. The molecule has 114 valence electrons. The molecule has 0 saturated carbocycles. The Labute approximate surface area is 130 Å². The van der Waals surface area contributed by atoms with Gasteiger partial charge in [-0.05, 0) is 30.5 Å². The van der Waals surface area contributed by atoms with Crippen LogP contribution in [0.5, 0.6) is 0 Å². The number of nitrogens with two attached hydrogens (primary N) is 1. The number of H-pyrrole nitrogens is 2. The summed E-state index contributed by atoms with van der Waals surface area (Å²) in [4.78, 5) is 16.7. The van der Waals surface area contributed by atoms with E-state index in [0.29, 0.717) is 33.9 Å². The molecule has 0 aliphatic carbocycles. The lowest BCUT2D eigenvalue weighted by atomic mass is 10.00. The summed E-state index contributed by atoms with van der Waals surface area (Å²) in [6.45, 7) is 0. The van der Waals surface area contributed by atoms with E-state index < -0.39 is 21.1 Å². The van der Waals surface area contributed by atoms with Crippen molar-refractivity contribution >= 4 is 36.8 Å². The van der Waals surface area contributed by atoms with Crippen molar-refractivity contribution in [1.29, 1.82) is 0 Å². The number of aromatic nitrogens is 2. The van der Waals surface area contributed by atoms with Crippen molar-refractivity contribution < 1.29 is 8.42 Å². The Morgan fingerprint density at radius 1 is 1.24 bits per heavy atom. The standard InChI is InChI=1S/C13H16BrN3O3S/c14-8-6-10-9(16-13(18)17-10)5-7(8)12(15)11-3-1-2-4-21(11,19)20/h5-6,11-12H,1-4,15H2,(H2,16,17,18). The Morgan fingerprint density at radius 3 is 2.57 bits per heavy atom. The zero-order chi connectivity index (χ0) is 15.2. The van der Waals surface area contributed by atoms with Gasteiger partial charge in [-0.15, -0.1) is 0 Å². The Balaban J connectivity index is 2.06. The van der Waals surface area contributed by atoms with Crippen molar-refractivity contribution in [2.24, 2.45) is 5.73 Å². The van der Waals surface area contributed by atoms with Crippen LogP contribution in [-0.4, -0.2) is 29.4 Å². The molecule has 1 aliphatic heterocycles. The SMILES string of the molecule is NC(c1cc2[nH]c(=O)[nH]c2cc1Br)C1CCCCS1(=O)=O. The van der Waals surface area contributed by atoms with E-state index in [1.165, 1.54) is 0 Å². The number of hydrogen-bond donors (Lipinski definition) is 3. The topological polar surface area (TPSA) is 109 Å². The molecule has 6 nitrogen and oxygen atoms in total. The molecule has 0 spiro atoms. The molecule has 1 aromatic heterocycles. The van der Waals surface area contributed by atoms with Crippen molar-refractivity contribution in [3.63, 3.8) is 0 Å². The van der Waals surface area contributed by atoms with Crippen molar-refractivity contribution in [3.8, 4) is 0 Å². The lowest BCUT2D eigenvalue weighted by Crippen LogP contribution is -2.38. The van der Waals surface area contributed by atoms with Crippen LogP contribution in [0.3, 0.4) is 0 Å². The number of halogens is 1. The third-order valence-electron chi connectivity index (χ3n) is 4.02. The van der Waals surface area contributed by atoms with Crippen molar-refractivity contribution in [2.45, 2.75) is 30.6 Å². The number of imidazole rings is 1. The quantitative estimate of drug-likeness (QED) is 0.742. The van der Waals surface area contributed by atoms with Crippen LogP contribution in [0.1, 0.15) is 30.9 Å². The van der Waals surface area contributed by atoms with E-state index in [9.17, 15) is 13.2 Å².